The van der Waals surface area contributed by atoms with Gasteiger partial charge < -0.3 is 24.1 Å². The first-order valence-electron chi connectivity index (χ1n) is 10.8. The number of carbonyl (C=O) groups excluding carboxylic acids is 1. The summed E-state index contributed by atoms with van der Waals surface area (Å²) in [4.78, 5) is 14.8. The molecule has 4 rings (SSSR count). The molecule has 1 amide bonds. The standard InChI is InChI=1S/C25H26N2O6S/c1-5-33-17-8-6-16(7-9-17)25(29)14-34-24-19(13-26)18(12-22(28)27(24)25)15-10-20(30-2)23(32-4)21(11-15)31-3/h6-11,18,29H,5,12,14H2,1-4H3/t18-,25-/m0/s1. The number of nitrogens with zero attached hydrogens (tertiary/aromatic N) is 2. The lowest BCUT2D eigenvalue weighted by molar-refractivity contribution is -0.149. The first-order chi connectivity index (χ1) is 16.4. The van der Waals surface area contributed by atoms with Crippen molar-refractivity contribution in [3.8, 4) is 29.1 Å². The van der Waals surface area contributed by atoms with Crippen molar-refractivity contribution in [2.24, 2.45) is 0 Å². The smallest absolute Gasteiger partial charge is 0.231 e. The van der Waals surface area contributed by atoms with Crippen LogP contribution in [0.3, 0.4) is 0 Å². The number of allylic oxidation sites excluding steroid dienone is 1. The molecule has 34 heavy (non-hydrogen) atoms. The summed E-state index contributed by atoms with van der Waals surface area (Å²) in [5, 5.41) is 22.2. The number of aliphatic hydroxyl groups is 1. The van der Waals surface area contributed by atoms with Crippen LogP contribution < -0.4 is 18.9 Å². The average molecular weight is 483 g/mol. The molecule has 2 aliphatic heterocycles. The van der Waals surface area contributed by atoms with Crippen molar-refractivity contribution in [3.05, 3.63) is 58.1 Å². The van der Waals surface area contributed by atoms with E-state index < -0.39 is 11.6 Å². The fourth-order valence-corrected chi connectivity index (χ4v) is 5.77. The molecule has 0 aromatic heterocycles. The van der Waals surface area contributed by atoms with Crippen molar-refractivity contribution in [3.63, 3.8) is 0 Å². The lowest BCUT2D eigenvalue weighted by Gasteiger charge is -2.38. The molecule has 0 saturated carbocycles. The van der Waals surface area contributed by atoms with Gasteiger partial charge in [-0.1, -0.05) is 12.1 Å². The van der Waals surface area contributed by atoms with Crippen LogP contribution in [0.4, 0.5) is 0 Å². The van der Waals surface area contributed by atoms with E-state index in [1.54, 1.807) is 36.4 Å². The van der Waals surface area contributed by atoms with E-state index in [-0.39, 0.29) is 18.1 Å². The van der Waals surface area contributed by atoms with Gasteiger partial charge in [-0.15, -0.1) is 11.8 Å². The summed E-state index contributed by atoms with van der Waals surface area (Å²) in [6.07, 6.45) is 0.0188. The lowest BCUT2D eigenvalue weighted by atomic mass is 9.85. The van der Waals surface area contributed by atoms with Crippen LogP contribution in [0.15, 0.2) is 47.0 Å². The Morgan fingerprint density at radius 2 is 1.79 bits per heavy atom. The molecule has 2 aromatic carbocycles. The third-order valence-electron chi connectivity index (χ3n) is 6.03. The highest BCUT2D eigenvalue weighted by atomic mass is 32.2. The summed E-state index contributed by atoms with van der Waals surface area (Å²) in [6.45, 7) is 2.43. The van der Waals surface area contributed by atoms with E-state index in [1.807, 2.05) is 6.92 Å². The maximum absolute atomic E-state index is 13.4. The Balaban J connectivity index is 1.77. The molecule has 2 aliphatic rings. The van der Waals surface area contributed by atoms with E-state index in [1.165, 1.54) is 38.0 Å². The molecule has 0 aliphatic carbocycles. The molecule has 2 atom stereocenters. The highest BCUT2D eigenvalue weighted by Gasteiger charge is 2.52. The van der Waals surface area contributed by atoms with Crippen LogP contribution in [-0.2, 0) is 10.5 Å². The summed E-state index contributed by atoms with van der Waals surface area (Å²) in [7, 11) is 4.55. The van der Waals surface area contributed by atoms with Gasteiger partial charge in [0.2, 0.25) is 11.7 Å². The quantitative estimate of drug-likeness (QED) is 0.637. The third-order valence-corrected chi connectivity index (χ3v) is 7.25. The fraction of sp³-hybridized carbons (Fsp3) is 0.360. The third kappa shape index (κ3) is 3.83. The average Bonchev–Trinajstić information content (AvgIpc) is 3.22. The largest absolute Gasteiger partial charge is 0.494 e. The number of amides is 1. The highest BCUT2D eigenvalue weighted by molar-refractivity contribution is 8.03. The molecule has 0 unspecified atom stereocenters. The van der Waals surface area contributed by atoms with E-state index >= 15 is 0 Å². The topological polar surface area (TPSA) is 101 Å². The Hall–Kier alpha value is -3.35. The molecule has 2 aromatic rings. The van der Waals surface area contributed by atoms with Crippen LogP contribution in [0.2, 0.25) is 0 Å². The Morgan fingerprint density at radius 3 is 2.32 bits per heavy atom. The zero-order valence-corrected chi connectivity index (χ0v) is 20.3. The molecule has 0 radical (unpaired) electrons. The molecular formula is C25H26N2O6S. The predicted octanol–water partition coefficient (Wildman–Crippen LogP) is 3.75. The lowest BCUT2D eigenvalue weighted by Crippen LogP contribution is -2.48. The van der Waals surface area contributed by atoms with Crippen LogP contribution in [-0.4, -0.2) is 49.6 Å². The molecule has 0 spiro atoms. The Labute approximate surface area is 202 Å². The molecule has 1 saturated heterocycles. The van der Waals surface area contributed by atoms with Gasteiger partial charge in [-0.2, -0.15) is 5.26 Å². The molecular weight excluding hydrogens is 456 g/mol. The number of thioether (sulfide) groups is 1. The van der Waals surface area contributed by atoms with Gasteiger partial charge in [0.05, 0.1) is 50.4 Å². The SMILES string of the molecule is CCOc1ccc([C@@]2(O)CSC3=C(C#N)[C@H](c4cc(OC)c(OC)c(OC)c4)CC(=O)N32)cc1. The van der Waals surface area contributed by atoms with Crippen molar-refractivity contribution in [1.29, 1.82) is 5.26 Å². The van der Waals surface area contributed by atoms with E-state index in [2.05, 4.69) is 6.07 Å². The zero-order chi connectivity index (χ0) is 24.5. The van der Waals surface area contributed by atoms with Crippen molar-refractivity contribution in [2.75, 3.05) is 33.7 Å². The van der Waals surface area contributed by atoms with Gasteiger partial charge in [0.25, 0.3) is 0 Å². The van der Waals surface area contributed by atoms with E-state index in [0.717, 1.165) is 0 Å². The number of fused-ring (bicyclic) bond motifs is 1. The van der Waals surface area contributed by atoms with Crippen LogP contribution in [0.25, 0.3) is 0 Å². The predicted molar refractivity (Wildman–Crippen MR) is 127 cm³/mol. The second kappa shape index (κ2) is 9.49. The maximum Gasteiger partial charge on any atom is 0.231 e. The minimum absolute atomic E-state index is 0.0188. The minimum atomic E-state index is -1.55. The second-order valence-corrected chi connectivity index (χ2v) is 8.80. The van der Waals surface area contributed by atoms with E-state index in [0.29, 0.717) is 51.3 Å². The van der Waals surface area contributed by atoms with Gasteiger partial charge >= 0.3 is 0 Å². The number of methoxy groups -OCH3 is 3. The van der Waals surface area contributed by atoms with Gasteiger partial charge in [0.15, 0.2) is 17.2 Å². The van der Waals surface area contributed by atoms with Gasteiger partial charge in [0, 0.05) is 17.9 Å². The van der Waals surface area contributed by atoms with Crippen molar-refractivity contribution >= 4 is 17.7 Å². The number of ether oxygens (including phenoxy) is 4. The minimum Gasteiger partial charge on any atom is -0.494 e. The summed E-state index contributed by atoms with van der Waals surface area (Å²) in [6, 6.07) is 12.8. The Morgan fingerprint density at radius 1 is 1.15 bits per heavy atom. The Kier molecular flexibility index (Phi) is 6.64. The van der Waals surface area contributed by atoms with E-state index in [4.69, 9.17) is 18.9 Å². The Bertz CT molecular complexity index is 1150. The summed E-state index contributed by atoms with van der Waals surface area (Å²) in [5.74, 6) is 1.44. The molecule has 8 nitrogen and oxygen atoms in total. The number of carbonyl (C=O) groups is 1. The van der Waals surface area contributed by atoms with Gasteiger partial charge in [0.1, 0.15) is 5.75 Å². The van der Waals surface area contributed by atoms with E-state index in [9.17, 15) is 15.2 Å². The summed E-state index contributed by atoms with van der Waals surface area (Å²) >= 11 is 1.30. The van der Waals surface area contributed by atoms with Crippen LogP contribution in [0, 0.1) is 11.3 Å². The number of hydrogen-bond donors (Lipinski definition) is 1. The van der Waals surface area contributed by atoms with Crippen molar-refractivity contribution < 1.29 is 28.8 Å². The second-order valence-electron chi connectivity index (χ2n) is 7.84. The first-order valence-corrected chi connectivity index (χ1v) is 11.8. The number of benzene rings is 2. The highest BCUT2D eigenvalue weighted by Crippen LogP contribution is 2.53. The molecule has 0 bridgehead atoms. The fourth-order valence-electron chi connectivity index (χ4n) is 4.41. The monoisotopic (exact) mass is 482 g/mol. The zero-order valence-electron chi connectivity index (χ0n) is 19.5. The summed E-state index contributed by atoms with van der Waals surface area (Å²) < 4.78 is 21.8. The van der Waals surface area contributed by atoms with Crippen molar-refractivity contribution in [1.82, 2.24) is 4.90 Å². The normalized spacial score (nSPS) is 21.7. The number of rotatable bonds is 7. The van der Waals surface area contributed by atoms with Crippen molar-refractivity contribution in [2.45, 2.75) is 25.0 Å². The van der Waals surface area contributed by atoms with Crippen LogP contribution in [0.5, 0.6) is 23.0 Å². The van der Waals surface area contributed by atoms with Gasteiger partial charge in [-0.3, -0.25) is 9.69 Å². The molecule has 1 N–H and O–H groups in total. The molecule has 2 heterocycles. The maximum atomic E-state index is 13.4. The van der Waals surface area contributed by atoms with Crippen LogP contribution >= 0.6 is 11.8 Å². The number of nitriles is 1. The molecule has 1 fully saturated rings. The first kappa shape index (κ1) is 23.8. The molecule has 178 valence electrons. The van der Waals surface area contributed by atoms with Gasteiger partial charge in [-0.05, 0) is 36.8 Å². The molecule has 9 heteroatoms. The van der Waals surface area contributed by atoms with Crippen LogP contribution in [0.1, 0.15) is 30.4 Å². The van der Waals surface area contributed by atoms with Gasteiger partial charge in [-0.25, -0.2) is 0 Å². The summed E-state index contributed by atoms with van der Waals surface area (Å²) in [5.41, 5.74) is 0.129. The number of hydrogen-bond acceptors (Lipinski definition) is 8.